The van der Waals surface area contributed by atoms with Crippen molar-refractivity contribution in [3.8, 4) is 5.75 Å². The van der Waals surface area contributed by atoms with Gasteiger partial charge in [-0.25, -0.2) is 9.97 Å². The second-order valence-electron chi connectivity index (χ2n) is 6.26. The molecule has 9 heteroatoms. The van der Waals surface area contributed by atoms with Crippen LogP contribution in [-0.4, -0.2) is 26.7 Å². The molecule has 144 valence electrons. The third kappa shape index (κ3) is 4.85. The monoisotopic (exact) mass is 459 g/mol. The number of anilines is 2. The van der Waals surface area contributed by atoms with E-state index in [9.17, 15) is 0 Å². The molecule has 3 aromatic heterocycles. The number of hydrogen-bond donors (Lipinski definition) is 1. The Morgan fingerprint density at radius 2 is 2.29 bits per heavy atom. The second-order valence-corrected chi connectivity index (χ2v) is 8.04. The van der Waals surface area contributed by atoms with Gasteiger partial charge in [-0.15, -0.1) is 11.3 Å². The molecule has 0 saturated carbocycles. The Bertz CT molecular complexity index is 1030. The maximum absolute atomic E-state index is 6.02. The number of pyridine rings is 1. The van der Waals surface area contributed by atoms with Crippen molar-refractivity contribution in [1.82, 2.24) is 20.1 Å². The highest BCUT2D eigenvalue weighted by Crippen LogP contribution is 2.30. The summed E-state index contributed by atoms with van der Waals surface area (Å²) in [6.45, 7) is 2.33. The van der Waals surface area contributed by atoms with Crippen LogP contribution in [0.25, 0.3) is 0 Å². The van der Waals surface area contributed by atoms with Gasteiger partial charge < -0.3 is 14.6 Å². The molecule has 0 saturated heterocycles. The third-order valence-electron chi connectivity index (χ3n) is 4.01. The molecule has 0 unspecified atom stereocenters. The Hall–Kier alpha value is -2.52. The average molecular weight is 460 g/mol. The third-order valence-corrected chi connectivity index (χ3v) is 5.25. The minimum atomic E-state index is 0.498. The van der Waals surface area contributed by atoms with Crippen LogP contribution in [0, 0.1) is 6.92 Å². The fourth-order valence-electron chi connectivity index (χ4n) is 2.68. The van der Waals surface area contributed by atoms with Crippen molar-refractivity contribution in [1.29, 1.82) is 0 Å². The summed E-state index contributed by atoms with van der Waals surface area (Å²) in [6, 6.07) is 1.91. The Morgan fingerprint density at radius 3 is 3.07 bits per heavy atom. The lowest BCUT2D eigenvalue weighted by molar-refractivity contribution is 0.347. The molecule has 7 nitrogen and oxygen atoms in total. The molecule has 1 aliphatic rings. The number of nitrogens with one attached hydrogen (secondary N) is 1. The van der Waals surface area contributed by atoms with Crippen LogP contribution in [-0.2, 0) is 6.42 Å². The van der Waals surface area contributed by atoms with Crippen LogP contribution in [0.4, 0.5) is 10.9 Å². The molecule has 0 aliphatic heterocycles. The Labute approximate surface area is 174 Å². The summed E-state index contributed by atoms with van der Waals surface area (Å²) in [5.74, 6) is 2.47. The average Bonchev–Trinajstić information content (AvgIpc) is 3.31. The van der Waals surface area contributed by atoms with E-state index >= 15 is 0 Å². The first kappa shape index (κ1) is 18.8. The molecule has 0 fully saturated rings. The standard InChI is InChI=1S/C19H18BrN5O2S/c1-12-22-17(27-25-12)8-15-11-28-19(23-15)24-18-16(7-14(20)9-21-18)26-10-13-5-3-2-4-6-13/h2-3,5,7,9,11H,4,6,8,10H2,1H3,(H,21,23,24). The van der Waals surface area contributed by atoms with Crippen LogP contribution >= 0.6 is 27.3 Å². The zero-order chi connectivity index (χ0) is 19.3. The number of hydrogen-bond acceptors (Lipinski definition) is 8. The van der Waals surface area contributed by atoms with Gasteiger partial charge in [0.25, 0.3) is 0 Å². The van der Waals surface area contributed by atoms with E-state index in [4.69, 9.17) is 9.26 Å². The number of aryl methyl sites for hydroxylation is 1. The topological polar surface area (TPSA) is 86.0 Å². The summed E-state index contributed by atoms with van der Waals surface area (Å²) in [5, 5.41) is 9.74. The summed E-state index contributed by atoms with van der Waals surface area (Å²) in [6.07, 6.45) is 10.6. The molecule has 3 aromatic rings. The Morgan fingerprint density at radius 1 is 1.36 bits per heavy atom. The van der Waals surface area contributed by atoms with Crippen LogP contribution in [0.1, 0.15) is 30.3 Å². The molecule has 4 rings (SSSR count). The number of thiazole rings is 1. The van der Waals surface area contributed by atoms with E-state index < -0.39 is 0 Å². The van der Waals surface area contributed by atoms with E-state index in [1.54, 1.807) is 13.1 Å². The summed E-state index contributed by atoms with van der Waals surface area (Å²) < 4.78 is 12.0. The summed E-state index contributed by atoms with van der Waals surface area (Å²) in [7, 11) is 0. The van der Waals surface area contributed by atoms with E-state index in [0.29, 0.717) is 36.3 Å². The van der Waals surface area contributed by atoms with Gasteiger partial charge in [0.1, 0.15) is 6.61 Å². The van der Waals surface area contributed by atoms with Crippen LogP contribution < -0.4 is 10.1 Å². The van der Waals surface area contributed by atoms with E-state index in [2.05, 4.69) is 59.6 Å². The van der Waals surface area contributed by atoms with Crippen molar-refractivity contribution in [3.05, 3.63) is 63.3 Å². The normalized spacial score (nSPS) is 13.4. The summed E-state index contributed by atoms with van der Waals surface area (Å²) in [5.41, 5.74) is 2.12. The van der Waals surface area contributed by atoms with Gasteiger partial charge in [-0.05, 0) is 47.3 Å². The summed E-state index contributed by atoms with van der Waals surface area (Å²) in [4.78, 5) is 13.2. The number of allylic oxidation sites excluding steroid dienone is 3. The molecular weight excluding hydrogens is 442 g/mol. The molecule has 0 radical (unpaired) electrons. The molecule has 1 N–H and O–H groups in total. The highest BCUT2D eigenvalue weighted by Gasteiger charge is 2.12. The molecule has 3 heterocycles. The zero-order valence-corrected chi connectivity index (χ0v) is 17.6. The van der Waals surface area contributed by atoms with Crippen LogP contribution in [0.3, 0.4) is 0 Å². The van der Waals surface area contributed by atoms with Crippen molar-refractivity contribution in [2.24, 2.45) is 0 Å². The van der Waals surface area contributed by atoms with Gasteiger partial charge in [-0.1, -0.05) is 23.4 Å². The van der Waals surface area contributed by atoms with Gasteiger partial charge in [-0.3, -0.25) is 0 Å². The van der Waals surface area contributed by atoms with Gasteiger partial charge in [-0.2, -0.15) is 4.98 Å². The number of aromatic nitrogens is 4. The van der Waals surface area contributed by atoms with Gasteiger partial charge in [0.15, 0.2) is 22.5 Å². The number of rotatable bonds is 7. The molecule has 0 bridgehead atoms. The predicted octanol–water partition coefficient (Wildman–Crippen LogP) is 4.98. The van der Waals surface area contributed by atoms with E-state index in [0.717, 1.165) is 28.1 Å². The van der Waals surface area contributed by atoms with Crippen molar-refractivity contribution in [2.75, 3.05) is 11.9 Å². The SMILES string of the molecule is Cc1noc(Cc2csc(Nc3ncc(Br)cc3OCC3=CC=CCC3)n2)n1. The molecule has 0 aromatic carbocycles. The molecule has 28 heavy (non-hydrogen) atoms. The largest absolute Gasteiger partial charge is 0.485 e. The summed E-state index contributed by atoms with van der Waals surface area (Å²) >= 11 is 4.95. The molecule has 1 aliphatic carbocycles. The minimum Gasteiger partial charge on any atom is -0.485 e. The fourth-order valence-corrected chi connectivity index (χ4v) is 3.70. The lowest BCUT2D eigenvalue weighted by Gasteiger charge is -2.14. The number of halogens is 1. The van der Waals surface area contributed by atoms with Gasteiger partial charge in [0.05, 0.1) is 12.1 Å². The van der Waals surface area contributed by atoms with Crippen LogP contribution in [0.5, 0.6) is 5.75 Å². The van der Waals surface area contributed by atoms with E-state index in [1.165, 1.54) is 16.9 Å². The quantitative estimate of drug-likeness (QED) is 0.532. The number of ether oxygens (including phenoxy) is 1. The lowest BCUT2D eigenvalue weighted by Crippen LogP contribution is -2.05. The maximum atomic E-state index is 6.02. The predicted molar refractivity (Wildman–Crippen MR) is 111 cm³/mol. The number of nitrogens with zero attached hydrogens (tertiary/aromatic N) is 4. The Kier molecular flexibility index (Phi) is 5.82. The van der Waals surface area contributed by atoms with Gasteiger partial charge in [0, 0.05) is 16.0 Å². The lowest BCUT2D eigenvalue weighted by atomic mass is 10.1. The first-order valence-electron chi connectivity index (χ1n) is 8.79. The van der Waals surface area contributed by atoms with Crippen molar-refractivity contribution < 1.29 is 9.26 Å². The first-order chi connectivity index (χ1) is 13.7. The molecule has 0 spiro atoms. The fraction of sp³-hybridized carbons (Fsp3) is 0.263. The van der Waals surface area contributed by atoms with Crippen molar-refractivity contribution in [3.63, 3.8) is 0 Å². The van der Waals surface area contributed by atoms with Crippen LogP contribution in [0.15, 0.2) is 50.4 Å². The minimum absolute atomic E-state index is 0.498. The highest BCUT2D eigenvalue weighted by molar-refractivity contribution is 9.10. The molecule has 0 atom stereocenters. The van der Waals surface area contributed by atoms with Crippen molar-refractivity contribution >= 4 is 38.2 Å². The van der Waals surface area contributed by atoms with E-state index in [1.807, 2.05) is 11.4 Å². The Balaban J connectivity index is 1.45. The maximum Gasteiger partial charge on any atom is 0.232 e. The highest BCUT2D eigenvalue weighted by atomic mass is 79.9. The van der Waals surface area contributed by atoms with Crippen LogP contribution in [0.2, 0.25) is 0 Å². The van der Waals surface area contributed by atoms with Gasteiger partial charge >= 0.3 is 0 Å². The van der Waals surface area contributed by atoms with Crippen molar-refractivity contribution in [2.45, 2.75) is 26.2 Å². The second kappa shape index (κ2) is 8.66. The van der Waals surface area contributed by atoms with Gasteiger partial charge in [0.2, 0.25) is 5.89 Å². The smallest absolute Gasteiger partial charge is 0.232 e. The van der Waals surface area contributed by atoms with E-state index in [-0.39, 0.29) is 0 Å². The molecular formula is C19H18BrN5O2S. The zero-order valence-electron chi connectivity index (χ0n) is 15.2. The first-order valence-corrected chi connectivity index (χ1v) is 10.5. The molecule has 0 amide bonds.